The van der Waals surface area contributed by atoms with Crippen LogP contribution >= 0.6 is 27.5 Å². The highest BCUT2D eigenvalue weighted by atomic mass is 79.9. The molecule has 2 aromatic carbocycles. The minimum Gasteiger partial charge on any atom is -0.281 e. The normalized spacial score (nSPS) is 18.4. The second-order valence-electron chi connectivity index (χ2n) is 4.66. The number of hydrogen-bond donors (Lipinski definition) is 0. The fraction of sp³-hybridized carbons (Fsp3) is 0.188. The number of halogens is 2. The Morgan fingerprint density at radius 2 is 1.79 bits per heavy atom. The first-order valence-electron chi connectivity index (χ1n) is 6.31. The highest BCUT2D eigenvalue weighted by Gasteiger charge is 2.21. The van der Waals surface area contributed by atoms with Gasteiger partial charge in [0, 0.05) is 20.8 Å². The molecule has 1 aliphatic heterocycles. The lowest BCUT2D eigenvalue weighted by Crippen LogP contribution is -1.96. The van der Waals surface area contributed by atoms with Crippen molar-refractivity contribution in [2.45, 2.75) is 18.9 Å². The van der Waals surface area contributed by atoms with E-state index in [-0.39, 0.29) is 6.04 Å². The van der Waals surface area contributed by atoms with Gasteiger partial charge < -0.3 is 0 Å². The second-order valence-corrected chi connectivity index (χ2v) is 5.98. The van der Waals surface area contributed by atoms with Crippen molar-refractivity contribution in [1.29, 1.82) is 0 Å². The molecule has 1 aliphatic rings. The van der Waals surface area contributed by atoms with E-state index in [1.54, 1.807) is 0 Å². The topological polar surface area (TPSA) is 12.4 Å². The molecular formula is C16H13BrClN. The summed E-state index contributed by atoms with van der Waals surface area (Å²) >= 11 is 9.69. The summed E-state index contributed by atoms with van der Waals surface area (Å²) in [5.74, 6) is 0. The van der Waals surface area contributed by atoms with Crippen LogP contribution in [-0.4, -0.2) is 5.71 Å². The molecule has 1 heterocycles. The summed E-state index contributed by atoms with van der Waals surface area (Å²) in [5, 5.41) is 0.790. The van der Waals surface area contributed by atoms with E-state index < -0.39 is 0 Å². The maximum absolute atomic E-state index is 6.23. The number of nitrogens with zero attached hydrogens (tertiary/aromatic N) is 1. The fourth-order valence-corrected chi connectivity index (χ4v) is 2.93. The Kier molecular flexibility index (Phi) is 3.72. The molecule has 0 radical (unpaired) electrons. The zero-order chi connectivity index (χ0) is 13.2. The third kappa shape index (κ3) is 2.75. The van der Waals surface area contributed by atoms with E-state index in [0.717, 1.165) is 33.6 Å². The maximum Gasteiger partial charge on any atom is 0.0756 e. The monoisotopic (exact) mass is 333 g/mol. The first-order chi connectivity index (χ1) is 9.24. The van der Waals surface area contributed by atoms with E-state index in [1.807, 2.05) is 24.3 Å². The van der Waals surface area contributed by atoms with Crippen molar-refractivity contribution in [1.82, 2.24) is 0 Å². The van der Waals surface area contributed by atoms with Crippen molar-refractivity contribution in [2.75, 3.05) is 0 Å². The molecule has 0 aromatic heterocycles. The third-order valence-electron chi connectivity index (χ3n) is 3.41. The van der Waals surface area contributed by atoms with Crippen LogP contribution < -0.4 is 0 Å². The van der Waals surface area contributed by atoms with Crippen LogP contribution in [0.1, 0.15) is 30.0 Å². The van der Waals surface area contributed by atoms with Gasteiger partial charge in [-0.05, 0) is 36.6 Å². The SMILES string of the molecule is Clc1ccccc1C1=NC(c2ccc(Br)cc2)CC1. The molecular weight excluding hydrogens is 322 g/mol. The molecule has 1 nitrogen and oxygen atoms in total. The molecule has 0 amide bonds. The van der Waals surface area contributed by atoms with Crippen molar-refractivity contribution in [3.8, 4) is 0 Å². The number of aliphatic imine (C=N–C) groups is 1. The van der Waals surface area contributed by atoms with Crippen LogP contribution in [0.5, 0.6) is 0 Å². The average molecular weight is 335 g/mol. The number of hydrogen-bond acceptors (Lipinski definition) is 1. The van der Waals surface area contributed by atoms with Gasteiger partial charge in [0.15, 0.2) is 0 Å². The van der Waals surface area contributed by atoms with Gasteiger partial charge in [0.25, 0.3) is 0 Å². The molecule has 0 saturated heterocycles. The molecule has 0 fully saturated rings. The molecule has 0 spiro atoms. The Labute approximate surface area is 126 Å². The Balaban J connectivity index is 1.89. The summed E-state index contributed by atoms with van der Waals surface area (Å²) in [7, 11) is 0. The van der Waals surface area contributed by atoms with Gasteiger partial charge in [-0.2, -0.15) is 0 Å². The van der Waals surface area contributed by atoms with Crippen LogP contribution in [0.4, 0.5) is 0 Å². The Hall–Kier alpha value is -1.12. The largest absolute Gasteiger partial charge is 0.281 e. The van der Waals surface area contributed by atoms with Gasteiger partial charge in [-0.3, -0.25) is 4.99 Å². The molecule has 2 aromatic rings. The van der Waals surface area contributed by atoms with Gasteiger partial charge in [0.2, 0.25) is 0 Å². The predicted octanol–water partition coefficient (Wildman–Crippen LogP) is 5.43. The predicted molar refractivity (Wildman–Crippen MR) is 84.1 cm³/mol. The Bertz CT molecular complexity index is 619. The standard InChI is InChI=1S/C16H13BrClN/c17-12-7-5-11(6-8-12)15-9-10-16(19-15)13-3-1-2-4-14(13)18/h1-8,15H,9-10H2. The van der Waals surface area contributed by atoms with E-state index in [4.69, 9.17) is 16.6 Å². The van der Waals surface area contributed by atoms with Gasteiger partial charge in [-0.1, -0.05) is 57.9 Å². The van der Waals surface area contributed by atoms with Crippen LogP contribution in [0.25, 0.3) is 0 Å². The second kappa shape index (κ2) is 5.48. The summed E-state index contributed by atoms with van der Waals surface area (Å²) in [6.45, 7) is 0. The van der Waals surface area contributed by atoms with E-state index in [9.17, 15) is 0 Å². The van der Waals surface area contributed by atoms with Gasteiger partial charge in [-0.25, -0.2) is 0 Å². The van der Waals surface area contributed by atoms with Crippen LogP contribution in [0, 0.1) is 0 Å². The highest BCUT2D eigenvalue weighted by molar-refractivity contribution is 9.10. The molecule has 3 rings (SSSR count). The zero-order valence-corrected chi connectivity index (χ0v) is 12.7. The van der Waals surface area contributed by atoms with Crippen molar-refractivity contribution in [3.63, 3.8) is 0 Å². The lowest BCUT2D eigenvalue weighted by atomic mass is 10.0. The lowest BCUT2D eigenvalue weighted by Gasteiger charge is -2.06. The summed E-state index contributed by atoms with van der Waals surface area (Å²) in [6, 6.07) is 16.6. The molecule has 0 aliphatic carbocycles. The molecule has 0 N–H and O–H groups in total. The molecule has 1 atom stereocenters. The maximum atomic E-state index is 6.23. The van der Waals surface area contributed by atoms with E-state index in [2.05, 4.69) is 40.2 Å². The molecule has 96 valence electrons. The van der Waals surface area contributed by atoms with Crippen LogP contribution in [-0.2, 0) is 0 Å². The fourth-order valence-electron chi connectivity index (χ4n) is 2.42. The van der Waals surface area contributed by atoms with Crippen molar-refractivity contribution < 1.29 is 0 Å². The van der Waals surface area contributed by atoms with Gasteiger partial charge in [-0.15, -0.1) is 0 Å². The average Bonchev–Trinajstić information content (AvgIpc) is 2.89. The smallest absolute Gasteiger partial charge is 0.0756 e. The Morgan fingerprint density at radius 3 is 2.53 bits per heavy atom. The van der Waals surface area contributed by atoms with Crippen molar-refractivity contribution >= 4 is 33.2 Å². The van der Waals surface area contributed by atoms with Gasteiger partial charge in [0.05, 0.1) is 6.04 Å². The first kappa shape index (κ1) is 12.9. The molecule has 1 unspecified atom stereocenters. The van der Waals surface area contributed by atoms with Crippen molar-refractivity contribution in [2.24, 2.45) is 4.99 Å². The van der Waals surface area contributed by atoms with Crippen LogP contribution in [0.3, 0.4) is 0 Å². The summed E-state index contributed by atoms with van der Waals surface area (Å²) < 4.78 is 1.10. The molecule has 3 heteroatoms. The third-order valence-corrected chi connectivity index (χ3v) is 4.26. The van der Waals surface area contributed by atoms with Crippen LogP contribution in [0.2, 0.25) is 5.02 Å². The van der Waals surface area contributed by atoms with Gasteiger partial charge in [0.1, 0.15) is 0 Å². The molecule has 0 saturated carbocycles. The van der Waals surface area contributed by atoms with Crippen molar-refractivity contribution in [3.05, 3.63) is 69.2 Å². The van der Waals surface area contributed by atoms with E-state index in [0.29, 0.717) is 0 Å². The highest BCUT2D eigenvalue weighted by Crippen LogP contribution is 2.33. The zero-order valence-electron chi connectivity index (χ0n) is 10.3. The Morgan fingerprint density at radius 1 is 1.05 bits per heavy atom. The first-order valence-corrected chi connectivity index (χ1v) is 7.48. The minimum absolute atomic E-state index is 0.263. The molecule has 19 heavy (non-hydrogen) atoms. The summed E-state index contributed by atoms with van der Waals surface area (Å²) in [5.41, 5.74) is 3.47. The summed E-state index contributed by atoms with van der Waals surface area (Å²) in [6.07, 6.45) is 2.05. The quantitative estimate of drug-likeness (QED) is 0.694. The number of benzene rings is 2. The van der Waals surface area contributed by atoms with E-state index in [1.165, 1.54) is 5.56 Å². The van der Waals surface area contributed by atoms with Gasteiger partial charge >= 0.3 is 0 Å². The summed E-state index contributed by atoms with van der Waals surface area (Å²) in [4.78, 5) is 4.84. The number of rotatable bonds is 2. The van der Waals surface area contributed by atoms with Crippen LogP contribution in [0.15, 0.2) is 58.0 Å². The van der Waals surface area contributed by atoms with E-state index >= 15 is 0 Å². The minimum atomic E-state index is 0.263. The molecule has 0 bridgehead atoms. The lowest BCUT2D eigenvalue weighted by molar-refractivity contribution is 0.723.